The average molecular weight is 281 g/mol. The molecule has 0 spiro atoms. The van der Waals surface area contributed by atoms with Gasteiger partial charge < -0.3 is 0 Å². The van der Waals surface area contributed by atoms with Crippen molar-refractivity contribution in [2.24, 2.45) is 0 Å². The maximum absolute atomic E-state index is 5.88. The third kappa shape index (κ3) is 3.68. The first kappa shape index (κ1) is 12.3. The molecule has 17 heavy (non-hydrogen) atoms. The fourth-order valence-electron chi connectivity index (χ4n) is 1.28. The molecule has 0 atom stereocenters. The molecular weight excluding hydrogens is 275 g/mol. The van der Waals surface area contributed by atoms with E-state index in [2.05, 4.69) is 17.9 Å². The fourth-order valence-corrected chi connectivity index (χ4v) is 1.97. The summed E-state index contributed by atoms with van der Waals surface area (Å²) in [4.78, 5) is 0. The lowest BCUT2D eigenvalue weighted by molar-refractivity contribution is 1.61. The van der Waals surface area contributed by atoms with Gasteiger partial charge in [-0.3, -0.25) is 0 Å². The van der Waals surface area contributed by atoms with Crippen molar-refractivity contribution in [3.63, 3.8) is 0 Å². The summed E-state index contributed by atoms with van der Waals surface area (Å²) in [6.07, 6.45) is 0. The molecular formula is C14H6Cl3. The van der Waals surface area contributed by atoms with E-state index in [9.17, 15) is 0 Å². The number of benzene rings is 2. The van der Waals surface area contributed by atoms with Gasteiger partial charge in [-0.05, 0) is 36.4 Å². The Kier molecular flexibility index (Phi) is 3.97. The van der Waals surface area contributed by atoms with E-state index < -0.39 is 0 Å². The topological polar surface area (TPSA) is 0 Å². The highest BCUT2D eigenvalue weighted by Gasteiger charge is 1.95. The summed E-state index contributed by atoms with van der Waals surface area (Å²) < 4.78 is 0. The second-order valence-corrected chi connectivity index (χ2v) is 4.64. The van der Waals surface area contributed by atoms with E-state index in [4.69, 9.17) is 34.8 Å². The molecule has 0 aliphatic heterocycles. The molecule has 0 N–H and O–H groups in total. The molecule has 0 unspecified atom stereocenters. The van der Waals surface area contributed by atoms with Gasteiger partial charge in [0.2, 0.25) is 0 Å². The van der Waals surface area contributed by atoms with Gasteiger partial charge in [0.05, 0.1) is 0 Å². The zero-order chi connectivity index (χ0) is 12.3. The van der Waals surface area contributed by atoms with Gasteiger partial charge in [-0.2, -0.15) is 0 Å². The van der Waals surface area contributed by atoms with Crippen LogP contribution in [0.15, 0.2) is 36.4 Å². The molecule has 83 valence electrons. The van der Waals surface area contributed by atoms with Crippen LogP contribution in [0.4, 0.5) is 0 Å². The Morgan fingerprint density at radius 3 is 2.18 bits per heavy atom. The van der Waals surface area contributed by atoms with Gasteiger partial charge in [0.25, 0.3) is 0 Å². The van der Waals surface area contributed by atoms with Crippen molar-refractivity contribution in [2.75, 3.05) is 0 Å². The van der Waals surface area contributed by atoms with Crippen molar-refractivity contribution >= 4 is 34.8 Å². The molecule has 2 aromatic rings. The molecule has 0 aliphatic rings. The summed E-state index contributed by atoms with van der Waals surface area (Å²) in [7, 11) is 0. The predicted molar refractivity (Wildman–Crippen MR) is 72.7 cm³/mol. The Balaban J connectivity index is 2.32. The molecule has 0 heterocycles. The molecule has 0 saturated carbocycles. The highest BCUT2D eigenvalue weighted by atomic mass is 35.5. The maximum Gasteiger partial charge on any atom is 0.0433 e. The zero-order valence-corrected chi connectivity index (χ0v) is 10.9. The minimum atomic E-state index is 0.567. The largest absolute Gasteiger partial charge is 0.0843 e. The van der Waals surface area contributed by atoms with Crippen molar-refractivity contribution < 1.29 is 0 Å². The lowest BCUT2D eigenvalue weighted by Crippen LogP contribution is -1.77. The monoisotopic (exact) mass is 279 g/mol. The van der Waals surface area contributed by atoms with Crippen LogP contribution in [0.5, 0.6) is 0 Å². The fraction of sp³-hybridized carbons (Fsp3) is 0. The minimum absolute atomic E-state index is 0.567. The summed E-state index contributed by atoms with van der Waals surface area (Å²) in [5.41, 5.74) is 1.49. The SMILES string of the molecule is Clc1cc[c]c(C#Cc2cc(Cl)cc(Cl)c2)c1. The summed E-state index contributed by atoms with van der Waals surface area (Å²) in [6, 6.07) is 13.4. The van der Waals surface area contributed by atoms with Gasteiger partial charge in [0.15, 0.2) is 0 Å². The van der Waals surface area contributed by atoms with Crippen LogP contribution in [0, 0.1) is 17.9 Å². The van der Waals surface area contributed by atoms with E-state index in [1.165, 1.54) is 0 Å². The van der Waals surface area contributed by atoms with Crippen LogP contribution in [0.1, 0.15) is 11.1 Å². The van der Waals surface area contributed by atoms with Crippen molar-refractivity contribution in [3.05, 3.63) is 68.7 Å². The van der Waals surface area contributed by atoms with E-state index >= 15 is 0 Å². The van der Waals surface area contributed by atoms with E-state index in [1.54, 1.807) is 36.4 Å². The minimum Gasteiger partial charge on any atom is -0.0843 e. The Bertz CT molecular complexity index is 586. The Morgan fingerprint density at radius 1 is 0.824 bits per heavy atom. The summed E-state index contributed by atoms with van der Waals surface area (Å²) in [6.45, 7) is 0. The van der Waals surface area contributed by atoms with Gasteiger partial charge in [-0.25, -0.2) is 0 Å². The Labute approximate surface area is 115 Å². The molecule has 0 nitrogen and oxygen atoms in total. The van der Waals surface area contributed by atoms with Crippen molar-refractivity contribution in [1.82, 2.24) is 0 Å². The summed E-state index contributed by atoms with van der Waals surface area (Å²) >= 11 is 17.6. The van der Waals surface area contributed by atoms with Crippen LogP contribution >= 0.6 is 34.8 Å². The molecule has 0 bridgehead atoms. The number of hydrogen-bond acceptors (Lipinski definition) is 0. The van der Waals surface area contributed by atoms with Gasteiger partial charge in [0.1, 0.15) is 0 Å². The highest BCUT2D eigenvalue weighted by molar-refractivity contribution is 6.34. The van der Waals surface area contributed by atoms with Crippen LogP contribution in [-0.2, 0) is 0 Å². The van der Waals surface area contributed by atoms with E-state index in [0.29, 0.717) is 15.1 Å². The number of halogens is 3. The molecule has 0 aliphatic carbocycles. The van der Waals surface area contributed by atoms with Gasteiger partial charge in [-0.15, -0.1) is 0 Å². The Morgan fingerprint density at radius 2 is 1.53 bits per heavy atom. The van der Waals surface area contributed by atoms with E-state index in [1.807, 2.05) is 0 Å². The quantitative estimate of drug-likeness (QED) is 0.605. The van der Waals surface area contributed by atoms with Crippen molar-refractivity contribution in [1.29, 1.82) is 0 Å². The molecule has 2 rings (SSSR count). The normalized spacial score (nSPS) is 9.59. The van der Waals surface area contributed by atoms with Gasteiger partial charge in [-0.1, -0.05) is 52.7 Å². The van der Waals surface area contributed by atoms with Gasteiger partial charge in [0, 0.05) is 26.2 Å². The third-order valence-corrected chi connectivity index (χ3v) is 2.64. The van der Waals surface area contributed by atoms with Crippen LogP contribution in [0.3, 0.4) is 0 Å². The second kappa shape index (κ2) is 5.47. The smallest absolute Gasteiger partial charge is 0.0433 e. The summed E-state index contributed by atoms with van der Waals surface area (Å²) in [5.74, 6) is 5.91. The first-order valence-corrected chi connectivity index (χ1v) is 5.92. The van der Waals surface area contributed by atoms with Crippen molar-refractivity contribution in [3.8, 4) is 11.8 Å². The van der Waals surface area contributed by atoms with Gasteiger partial charge >= 0.3 is 0 Å². The third-order valence-electron chi connectivity index (χ3n) is 1.97. The first-order chi connectivity index (χ1) is 8.13. The molecule has 0 saturated heterocycles. The molecule has 0 amide bonds. The Hall–Kier alpha value is -1.13. The van der Waals surface area contributed by atoms with Crippen LogP contribution in [-0.4, -0.2) is 0 Å². The predicted octanol–water partition coefficient (Wildman–Crippen LogP) is 4.85. The average Bonchev–Trinajstić information content (AvgIpc) is 2.25. The van der Waals surface area contributed by atoms with E-state index in [0.717, 1.165) is 11.1 Å². The van der Waals surface area contributed by atoms with Crippen molar-refractivity contribution in [2.45, 2.75) is 0 Å². The first-order valence-electron chi connectivity index (χ1n) is 4.79. The zero-order valence-electron chi connectivity index (χ0n) is 8.60. The number of hydrogen-bond donors (Lipinski definition) is 0. The molecule has 1 radical (unpaired) electrons. The molecule has 3 heteroatoms. The standard InChI is InChI=1S/C14H6Cl3/c15-12-3-1-2-10(6-12)4-5-11-7-13(16)9-14(17)8-11/h1,3,6-9H. The maximum atomic E-state index is 5.88. The van der Waals surface area contributed by atoms with Crippen LogP contribution in [0.25, 0.3) is 0 Å². The van der Waals surface area contributed by atoms with Crippen LogP contribution < -0.4 is 0 Å². The molecule has 0 aromatic heterocycles. The van der Waals surface area contributed by atoms with E-state index in [-0.39, 0.29) is 0 Å². The highest BCUT2D eigenvalue weighted by Crippen LogP contribution is 2.18. The lowest BCUT2D eigenvalue weighted by atomic mass is 10.2. The molecule has 2 aromatic carbocycles. The second-order valence-electron chi connectivity index (χ2n) is 3.33. The lowest BCUT2D eigenvalue weighted by Gasteiger charge is -1.95. The number of rotatable bonds is 0. The molecule has 0 fully saturated rings. The summed E-state index contributed by atoms with van der Waals surface area (Å²) in [5, 5.41) is 1.77. The van der Waals surface area contributed by atoms with Crippen LogP contribution in [0.2, 0.25) is 15.1 Å².